The predicted molar refractivity (Wildman–Crippen MR) is 106 cm³/mol. The number of nitriles is 1. The van der Waals surface area contributed by atoms with Crippen molar-refractivity contribution in [3.05, 3.63) is 57.2 Å². The third-order valence-electron chi connectivity index (χ3n) is 3.26. The van der Waals surface area contributed by atoms with Crippen molar-refractivity contribution in [3.8, 4) is 17.6 Å². The lowest BCUT2D eigenvalue weighted by atomic mass is 10.1. The third-order valence-corrected chi connectivity index (χ3v) is 4.10. The van der Waals surface area contributed by atoms with E-state index in [1.165, 1.54) is 0 Å². The molecular weight excluding hydrogens is 431 g/mol. The molecule has 128 valence electrons. The lowest BCUT2D eigenvalue weighted by Crippen LogP contribution is -2.13. The Balaban J connectivity index is 2.20. The minimum Gasteiger partial charge on any atom is -0.497 e. The zero-order chi connectivity index (χ0) is 18.2. The molecule has 2 rings (SSSR count). The van der Waals surface area contributed by atoms with E-state index in [-0.39, 0.29) is 5.57 Å². The van der Waals surface area contributed by atoms with Crippen molar-refractivity contribution >= 4 is 40.3 Å². The van der Waals surface area contributed by atoms with E-state index in [4.69, 9.17) is 9.47 Å². The molecule has 0 atom stereocenters. The van der Waals surface area contributed by atoms with Crippen LogP contribution in [0, 0.1) is 14.9 Å². The van der Waals surface area contributed by atoms with Crippen LogP contribution in [0.5, 0.6) is 11.5 Å². The monoisotopic (exact) mass is 448 g/mol. The first-order chi connectivity index (χ1) is 12.1. The van der Waals surface area contributed by atoms with Gasteiger partial charge < -0.3 is 14.8 Å². The summed E-state index contributed by atoms with van der Waals surface area (Å²) in [7, 11) is 1.55. The molecule has 6 heteroatoms. The lowest BCUT2D eigenvalue weighted by Gasteiger charge is -2.08. The Morgan fingerprint density at radius 3 is 2.76 bits per heavy atom. The van der Waals surface area contributed by atoms with E-state index in [0.29, 0.717) is 18.0 Å². The van der Waals surface area contributed by atoms with Gasteiger partial charge in [-0.15, -0.1) is 0 Å². The zero-order valence-electron chi connectivity index (χ0n) is 13.9. The fourth-order valence-corrected chi connectivity index (χ4v) is 2.79. The van der Waals surface area contributed by atoms with Gasteiger partial charge in [-0.25, -0.2) is 0 Å². The minimum absolute atomic E-state index is 0.0165. The van der Waals surface area contributed by atoms with Gasteiger partial charge in [0, 0.05) is 11.8 Å². The van der Waals surface area contributed by atoms with Crippen LogP contribution in [-0.4, -0.2) is 19.6 Å². The van der Waals surface area contributed by atoms with E-state index in [9.17, 15) is 10.1 Å². The Bertz CT molecular complexity index is 841. The highest BCUT2D eigenvalue weighted by atomic mass is 127. The van der Waals surface area contributed by atoms with Gasteiger partial charge in [-0.1, -0.05) is 12.1 Å². The number of carbonyl (C=O) groups is 1. The number of hydrogen-bond donors (Lipinski definition) is 1. The highest BCUT2D eigenvalue weighted by molar-refractivity contribution is 14.1. The molecule has 1 amide bonds. The first-order valence-corrected chi connectivity index (χ1v) is 8.64. The van der Waals surface area contributed by atoms with Crippen LogP contribution in [0.25, 0.3) is 6.08 Å². The summed E-state index contributed by atoms with van der Waals surface area (Å²) in [6.45, 7) is 2.50. The summed E-state index contributed by atoms with van der Waals surface area (Å²) in [5.41, 5.74) is 1.33. The summed E-state index contributed by atoms with van der Waals surface area (Å²) in [4.78, 5) is 12.3. The first kappa shape index (κ1) is 18.8. The molecule has 0 heterocycles. The van der Waals surface area contributed by atoms with Crippen molar-refractivity contribution in [3.63, 3.8) is 0 Å². The Morgan fingerprint density at radius 2 is 2.12 bits per heavy atom. The number of methoxy groups -OCH3 is 1. The quantitative estimate of drug-likeness (QED) is 0.408. The molecule has 0 fully saturated rings. The van der Waals surface area contributed by atoms with Crippen LogP contribution in [0.2, 0.25) is 0 Å². The largest absolute Gasteiger partial charge is 0.497 e. The second-order valence-corrected chi connectivity index (χ2v) is 6.14. The molecule has 0 saturated heterocycles. The van der Waals surface area contributed by atoms with E-state index in [0.717, 1.165) is 14.9 Å². The molecular formula is C19H17IN2O3. The number of amides is 1. The van der Waals surface area contributed by atoms with Gasteiger partial charge in [0.15, 0.2) is 0 Å². The van der Waals surface area contributed by atoms with E-state index < -0.39 is 5.91 Å². The van der Waals surface area contributed by atoms with Crippen LogP contribution in [0.4, 0.5) is 5.69 Å². The topological polar surface area (TPSA) is 71.3 Å². The number of rotatable bonds is 6. The number of carbonyl (C=O) groups excluding carboxylic acids is 1. The summed E-state index contributed by atoms with van der Waals surface area (Å²) in [6.07, 6.45) is 1.55. The Labute approximate surface area is 160 Å². The SMILES string of the molecule is CCOc1ccc(C=C(C#N)C(=O)Nc2cccc(OC)c2)cc1I. The summed E-state index contributed by atoms with van der Waals surface area (Å²) in [5, 5.41) is 12.0. The summed E-state index contributed by atoms with van der Waals surface area (Å²) in [6, 6.07) is 14.4. The smallest absolute Gasteiger partial charge is 0.266 e. The highest BCUT2D eigenvalue weighted by Gasteiger charge is 2.11. The molecule has 0 bridgehead atoms. The van der Waals surface area contributed by atoms with Gasteiger partial charge in [0.05, 0.1) is 17.3 Å². The third kappa shape index (κ3) is 5.22. The second-order valence-electron chi connectivity index (χ2n) is 4.98. The second kappa shape index (κ2) is 9.08. The van der Waals surface area contributed by atoms with Crippen LogP contribution in [0.3, 0.4) is 0 Å². The van der Waals surface area contributed by atoms with Crippen molar-refractivity contribution < 1.29 is 14.3 Å². The highest BCUT2D eigenvalue weighted by Crippen LogP contribution is 2.23. The van der Waals surface area contributed by atoms with Crippen molar-refractivity contribution in [2.75, 3.05) is 19.0 Å². The molecule has 0 aliphatic heterocycles. The van der Waals surface area contributed by atoms with E-state index >= 15 is 0 Å². The molecule has 0 unspecified atom stereocenters. The van der Waals surface area contributed by atoms with E-state index in [1.54, 1.807) is 37.5 Å². The van der Waals surface area contributed by atoms with Crippen LogP contribution in [0.1, 0.15) is 12.5 Å². The van der Waals surface area contributed by atoms with Crippen LogP contribution >= 0.6 is 22.6 Å². The standard InChI is InChI=1S/C19H17IN2O3/c1-3-25-18-8-7-13(10-17(18)20)9-14(12-21)19(23)22-15-5-4-6-16(11-15)24-2/h4-11H,3H2,1-2H3,(H,22,23). The van der Waals surface area contributed by atoms with Gasteiger partial charge in [0.2, 0.25) is 0 Å². The molecule has 2 aromatic rings. The zero-order valence-corrected chi connectivity index (χ0v) is 16.0. The summed E-state index contributed by atoms with van der Waals surface area (Å²) in [5.74, 6) is 0.931. The van der Waals surface area contributed by atoms with Crippen molar-refractivity contribution in [1.29, 1.82) is 5.26 Å². The van der Waals surface area contributed by atoms with Crippen molar-refractivity contribution in [1.82, 2.24) is 0 Å². The maximum Gasteiger partial charge on any atom is 0.266 e. The molecule has 0 spiro atoms. The molecule has 0 radical (unpaired) electrons. The first-order valence-electron chi connectivity index (χ1n) is 7.57. The van der Waals surface area contributed by atoms with Gasteiger partial charge in [-0.2, -0.15) is 5.26 Å². The number of anilines is 1. The average molecular weight is 448 g/mol. The summed E-state index contributed by atoms with van der Waals surface area (Å²) >= 11 is 2.16. The number of nitrogens with zero attached hydrogens (tertiary/aromatic N) is 1. The van der Waals surface area contributed by atoms with Crippen LogP contribution < -0.4 is 14.8 Å². The molecule has 0 aliphatic carbocycles. The summed E-state index contributed by atoms with van der Waals surface area (Å²) < 4.78 is 11.5. The van der Waals surface area contributed by atoms with Gasteiger partial charge >= 0.3 is 0 Å². The minimum atomic E-state index is -0.473. The Hall–Kier alpha value is -2.53. The molecule has 1 N–H and O–H groups in total. The maximum atomic E-state index is 12.3. The Kier molecular flexibility index (Phi) is 6.83. The fraction of sp³-hybridized carbons (Fsp3) is 0.158. The Morgan fingerprint density at radius 1 is 1.32 bits per heavy atom. The number of halogens is 1. The fourth-order valence-electron chi connectivity index (χ4n) is 2.09. The lowest BCUT2D eigenvalue weighted by molar-refractivity contribution is -0.112. The molecule has 0 aliphatic rings. The van der Waals surface area contributed by atoms with E-state index in [1.807, 2.05) is 31.2 Å². The van der Waals surface area contributed by atoms with Gasteiger partial charge in [0.25, 0.3) is 5.91 Å². The molecule has 0 aromatic heterocycles. The maximum absolute atomic E-state index is 12.3. The number of benzene rings is 2. The van der Waals surface area contributed by atoms with Crippen LogP contribution in [-0.2, 0) is 4.79 Å². The molecule has 5 nitrogen and oxygen atoms in total. The van der Waals surface area contributed by atoms with Crippen molar-refractivity contribution in [2.24, 2.45) is 0 Å². The van der Waals surface area contributed by atoms with Gasteiger partial charge in [-0.3, -0.25) is 4.79 Å². The number of hydrogen-bond acceptors (Lipinski definition) is 4. The molecule has 2 aromatic carbocycles. The van der Waals surface area contributed by atoms with Crippen LogP contribution in [0.15, 0.2) is 48.0 Å². The van der Waals surface area contributed by atoms with Crippen molar-refractivity contribution in [2.45, 2.75) is 6.92 Å². The normalized spacial score (nSPS) is 10.7. The number of ether oxygens (including phenoxy) is 2. The van der Waals surface area contributed by atoms with Gasteiger partial charge in [0.1, 0.15) is 23.1 Å². The molecule has 0 saturated carbocycles. The number of nitrogens with one attached hydrogen (secondary N) is 1. The molecule has 25 heavy (non-hydrogen) atoms. The average Bonchev–Trinajstić information content (AvgIpc) is 2.62. The van der Waals surface area contributed by atoms with Gasteiger partial charge in [-0.05, 0) is 65.4 Å². The predicted octanol–water partition coefficient (Wildman–Crippen LogP) is 4.24. The van der Waals surface area contributed by atoms with E-state index in [2.05, 4.69) is 27.9 Å².